The summed E-state index contributed by atoms with van der Waals surface area (Å²) in [6.45, 7) is 4.96. The molecule has 0 aliphatic carbocycles. The summed E-state index contributed by atoms with van der Waals surface area (Å²) in [6, 6.07) is 6.63. The van der Waals surface area contributed by atoms with Crippen LogP contribution in [0, 0.1) is 0 Å². The van der Waals surface area contributed by atoms with Gasteiger partial charge in [0.05, 0.1) is 4.90 Å². The highest BCUT2D eigenvalue weighted by molar-refractivity contribution is 7.89. The Bertz CT molecular complexity index is 505. The fourth-order valence-electron chi connectivity index (χ4n) is 2.23. The molecule has 18 heavy (non-hydrogen) atoms. The first-order valence-corrected chi connectivity index (χ1v) is 7.73. The lowest BCUT2D eigenvalue weighted by Crippen LogP contribution is -2.55. The van der Waals surface area contributed by atoms with E-state index in [2.05, 4.69) is 5.32 Å². The fraction of sp³-hybridized carbons (Fsp3) is 0.500. The molecule has 2 unspecified atom stereocenters. The van der Waals surface area contributed by atoms with Crippen LogP contribution >= 0.6 is 11.6 Å². The van der Waals surface area contributed by atoms with E-state index in [0.29, 0.717) is 23.0 Å². The second kappa shape index (κ2) is 5.17. The molecule has 2 atom stereocenters. The van der Waals surface area contributed by atoms with E-state index >= 15 is 0 Å². The van der Waals surface area contributed by atoms with Crippen molar-refractivity contribution in [2.75, 3.05) is 13.1 Å². The first kappa shape index (κ1) is 13.8. The summed E-state index contributed by atoms with van der Waals surface area (Å²) in [6.07, 6.45) is 0. The number of hydrogen-bond acceptors (Lipinski definition) is 3. The summed E-state index contributed by atoms with van der Waals surface area (Å²) in [7, 11) is -3.41. The average molecular weight is 289 g/mol. The molecule has 1 fully saturated rings. The lowest BCUT2D eigenvalue weighted by Gasteiger charge is -2.35. The first-order chi connectivity index (χ1) is 8.39. The normalized spacial score (nSPS) is 26.2. The van der Waals surface area contributed by atoms with Crippen LogP contribution in [0.5, 0.6) is 0 Å². The number of hydrogen-bond donors (Lipinski definition) is 1. The molecule has 1 aromatic rings. The summed E-state index contributed by atoms with van der Waals surface area (Å²) in [5, 5.41) is 3.85. The van der Waals surface area contributed by atoms with Crippen LogP contribution in [0.4, 0.5) is 0 Å². The number of benzene rings is 1. The Morgan fingerprint density at radius 2 is 1.67 bits per heavy atom. The molecule has 0 spiro atoms. The van der Waals surface area contributed by atoms with Gasteiger partial charge in [-0.15, -0.1) is 0 Å². The van der Waals surface area contributed by atoms with E-state index in [4.69, 9.17) is 11.6 Å². The lowest BCUT2D eigenvalue weighted by atomic mass is 10.2. The molecule has 0 amide bonds. The summed E-state index contributed by atoms with van der Waals surface area (Å²) in [4.78, 5) is 0.299. The maximum Gasteiger partial charge on any atom is 0.243 e. The van der Waals surface area contributed by atoms with Crippen LogP contribution in [0.1, 0.15) is 13.8 Å². The molecule has 100 valence electrons. The Morgan fingerprint density at radius 3 is 2.17 bits per heavy atom. The zero-order valence-electron chi connectivity index (χ0n) is 10.4. The van der Waals surface area contributed by atoms with E-state index < -0.39 is 10.0 Å². The van der Waals surface area contributed by atoms with Gasteiger partial charge in [0.2, 0.25) is 10.0 Å². The van der Waals surface area contributed by atoms with Gasteiger partial charge in [0, 0.05) is 30.2 Å². The van der Waals surface area contributed by atoms with E-state index in [1.165, 1.54) is 4.31 Å². The second-order valence-corrected chi connectivity index (χ2v) is 7.12. The summed E-state index contributed by atoms with van der Waals surface area (Å²) in [5.41, 5.74) is 0. The number of nitrogens with one attached hydrogen (secondary N) is 1. The van der Waals surface area contributed by atoms with Crippen LogP contribution < -0.4 is 5.32 Å². The van der Waals surface area contributed by atoms with Gasteiger partial charge in [-0.1, -0.05) is 11.6 Å². The predicted octanol–water partition coefficient (Wildman–Crippen LogP) is 1.71. The molecule has 2 rings (SSSR count). The molecule has 1 aliphatic heterocycles. The van der Waals surface area contributed by atoms with E-state index in [-0.39, 0.29) is 12.1 Å². The minimum absolute atomic E-state index is 0.163. The van der Waals surface area contributed by atoms with E-state index in [0.717, 1.165) is 0 Å². The molecule has 0 bridgehead atoms. The Balaban J connectivity index is 2.28. The highest BCUT2D eigenvalue weighted by Crippen LogP contribution is 2.20. The van der Waals surface area contributed by atoms with Crippen molar-refractivity contribution in [3.05, 3.63) is 29.3 Å². The predicted molar refractivity (Wildman–Crippen MR) is 72.3 cm³/mol. The van der Waals surface area contributed by atoms with Gasteiger partial charge in [-0.2, -0.15) is 4.31 Å². The molecule has 6 heteroatoms. The van der Waals surface area contributed by atoms with Crippen LogP contribution in [-0.2, 0) is 10.0 Å². The van der Waals surface area contributed by atoms with Gasteiger partial charge in [0.1, 0.15) is 0 Å². The highest BCUT2D eigenvalue weighted by atomic mass is 35.5. The molecule has 0 saturated carbocycles. The van der Waals surface area contributed by atoms with Crippen molar-refractivity contribution < 1.29 is 8.42 Å². The van der Waals surface area contributed by atoms with Crippen LogP contribution in [0.2, 0.25) is 5.02 Å². The Kier molecular flexibility index (Phi) is 3.96. The Labute approximate surface area is 113 Å². The van der Waals surface area contributed by atoms with Crippen molar-refractivity contribution >= 4 is 21.6 Å². The van der Waals surface area contributed by atoms with Gasteiger partial charge < -0.3 is 5.32 Å². The second-order valence-electron chi connectivity index (χ2n) is 4.74. The van der Waals surface area contributed by atoms with E-state index in [1.54, 1.807) is 24.3 Å². The van der Waals surface area contributed by atoms with Crippen LogP contribution in [-0.4, -0.2) is 37.9 Å². The fourth-order valence-corrected chi connectivity index (χ4v) is 3.97. The average Bonchev–Trinajstić information content (AvgIpc) is 2.28. The van der Waals surface area contributed by atoms with Crippen LogP contribution in [0.3, 0.4) is 0 Å². The monoisotopic (exact) mass is 288 g/mol. The van der Waals surface area contributed by atoms with E-state index in [1.807, 2.05) is 13.8 Å². The summed E-state index contributed by atoms with van der Waals surface area (Å²) in [5.74, 6) is 0. The molecule has 0 aromatic heterocycles. The van der Waals surface area contributed by atoms with Crippen LogP contribution in [0.15, 0.2) is 29.2 Å². The third kappa shape index (κ3) is 2.85. The molecule has 1 aromatic carbocycles. The molecule has 1 N–H and O–H groups in total. The van der Waals surface area contributed by atoms with Gasteiger partial charge in [-0.25, -0.2) is 8.42 Å². The summed E-state index contributed by atoms with van der Waals surface area (Å²) < 4.78 is 26.4. The number of sulfonamides is 1. The third-order valence-corrected chi connectivity index (χ3v) is 5.07. The van der Waals surface area contributed by atoms with E-state index in [9.17, 15) is 8.42 Å². The maximum absolute atomic E-state index is 12.4. The zero-order chi connectivity index (χ0) is 13.3. The minimum Gasteiger partial charge on any atom is -0.309 e. The van der Waals surface area contributed by atoms with Crippen molar-refractivity contribution in [3.8, 4) is 0 Å². The molecule has 0 radical (unpaired) electrons. The number of halogens is 1. The van der Waals surface area contributed by atoms with Crippen LogP contribution in [0.25, 0.3) is 0 Å². The Hall–Kier alpha value is -0.620. The highest BCUT2D eigenvalue weighted by Gasteiger charge is 2.31. The van der Waals surface area contributed by atoms with Crippen molar-refractivity contribution in [1.29, 1.82) is 0 Å². The van der Waals surface area contributed by atoms with Crippen molar-refractivity contribution in [3.63, 3.8) is 0 Å². The van der Waals surface area contributed by atoms with Gasteiger partial charge in [-0.3, -0.25) is 0 Å². The van der Waals surface area contributed by atoms with Crippen molar-refractivity contribution in [1.82, 2.24) is 9.62 Å². The molecule has 1 aliphatic rings. The molecule has 1 saturated heterocycles. The molecular formula is C12H17ClN2O2S. The maximum atomic E-state index is 12.4. The molecular weight excluding hydrogens is 272 g/mol. The number of piperazine rings is 1. The van der Waals surface area contributed by atoms with Gasteiger partial charge in [-0.05, 0) is 38.1 Å². The summed E-state index contributed by atoms with van der Waals surface area (Å²) >= 11 is 5.78. The first-order valence-electron chi connectivity index (χ1n) is 5.91. The van der Waals surface area contributed by atoms with Gasteiger partial charge >= 0.3 is 0 Å². The van der Waals surface area contributed by atoms with Gasteiger partial charge in [0.15, 0.2) is 0 Å². The zero-order valence-corrected chi connectivity index (χ0v) is 12.0. The lowest BCUT2D eigenvalue weighted by molar-refractivity contribution is 0.263. The van der Waals surface area contributed by atoms with Crippen molar-refractivity contribution in [2.24, 2.45) is 0 Å². The largest absolute Gasteiger partial charge is 0.309 e. The van der Waals surface area contributed by atoms with Crippen molar-refractivity contribution in [2.45, 2.75) is 30.8 Å². The quantitative estimate of drug-likeness (QED) is 0.901. The smallest absolute Gasteiger partial charge is 0.243 e. The topological polar surface area (TPSA) is 49.4 Å². The SMILES string of the molecule is CC1CN(S(=O)(=O)c2ccc(Cl)cc2)CC(C)N1. The number of rotatable bonds is 2. The molecule has 1 heterocycles. The minimum atomic E-state index is -3.41. The third-order valence-electron chi connectivity index (χ3n) is 2.98. The van der Waals surface area contributed by atoms with Gasteiger partial charge in [0.25, 0.3) is 0 Å². The standard InChI is InChI=1S/C12H17ClN2O2S/c1-9-7-15(8-10(2)14-9)18(16,17)12-5-3-11(13)4-6-12/h3-6,9-10,14H,7-8H2,1-2H3. The number of nitrogens with zero attached hydrogens (tertiary/aromatic N) is 1. The Morgan fingerprint density at radius 1 is 1.17 bits per heavy atom. The molecule has 4 nitrogen and oxygen atoms in total.